The van der Waals surface area contributed by atoms with Crippen molar-refractivity contribution in [3.8, 4) is 0 Å². The van der Waals surface area contributed by atoms with Gasteiger partial charge < -0.3 is 10.2 Å². The van der Waals surface area contributed by atoms with Crippen molar-refractivity contribution in [2.24, 2.45) is 0 Å². The molecule has 160 valence electrons. The van der Waals surface area contributed by atoms with Crippen molar-refractivity contribution in [3.05, 3.63) is 31.3 Å². The van der Waals surface area contributed by atoms with Crippen molar-refractivity contribution >= 4 is 38.9 Å². The van der Waals surface area contributed by atoms with Gasteiger partial charge in [0.1, 0.15) is 4.83 Å². The largest absolute Gasteiger partial charge is 0.390 e. The van der Waals surface area contributed by atoms with E-state index in [1.54, 1.807) is 4.90 Å². The summed E-state index contributed by atoms with van der Waals surface area (Å²) in [5.74, 6) is 0. The van der Waals surface area contributed by atoms with E-state index in [4.69, 9.17) is 12.2 Å². The topological polar surface area (TPSA) is 59.3 Å². The van der Waals surface area contributed by atoms with E-state index in [-0.39, 0.29) is 22.8 Å². The molecule has 1 fully saturated rings. The molecule has 0 aromatic carbocycles. The van der Waals surface area contributed by atoms with Gasteiger partial charge in [0.15, 0.2) is 5.11 Å². The SMILES string of the molecule is CCn1c(=O)c2c(C(F)F)c(CN3CCNC3=S)sc2n(CCC(F)(F)F)c1=O. The Morgan fingerprint density at radius 2 is 1.93 bits per heavy atom. The highest BCUT2D eigenvalue weighted by atomic mass is 32.1. The van der Waals surface area contributed by atoms with Crippen LogP contribution in [0.1, 0.15) is 30.2 Å². The summed E-state index contributed by atoms with van der Waals surface area (Å²) in [6.45, 7) is 1.53. The number of aromatic nitrogens is 2. The van der Waals surface area contributed by atoms with Crippen LogP contribution in [0.5, 0.6) is 0 Å². The molecule has 0 amide bonds. The second-order valence-electron chi connectivity index (χ2n) is 6.42. The van der Waals surface area contributed by atoms with Gasteiger partial charge in [-0.15, -0.1) is 11.3 Å². The Hall–Kier alpha value is -2.02. The molecule has 0 bridgehead atoms. The standard InChI is InChI=1S/C16H17F5N4O2S2/c1-2-24-12(26)10-9(11(17)18)8(7-23-6-4-22-14(23)28)29-13(10)25(15(24)27)5-3-16(19,20)21/h11H,2-7H2,1H3,(H,22,28). The van der Waals surface area contributed by atoms with Gasteiger partial charge >= 0.3 is 11.9 Å². The van der Waals surface area contributed by atoms with Crippen LogP contribution in [0.4, 0.5) is 22.0 Å². The third-order valence-corrected chi connectivity index (χ3v) is 6.22. The fourth-order valence-corrected chi connectivity index (χ4v) is 4.82. The van der Waals surface area contributed by atoms with Gasteiger partial charge in [-0.1, -0.05) is 0 Å². The van der Waals surface area contributed by atoms with Crippen LogP contribution in [0.2, 0.25) is 0 Å². The van der Waals surface area contributed by atoms with E-state index < -0.39 is 47.8 Å². The molecule has 3 rings (SSSR count). The number of aryl methyl sites for hydroxylation is 1. The molecule has 0 atom stereocenters. The highest BCUT2D eigenvalue weighted by Crippen LogP contribution is 2.37. The Kier molecular flexibility index (Phi) is 5.99. The monoisotopic (exact) mass is 456 g/mol. The number of fused-ring (bicyclic) bond motifs is 1. The van der Waals surface area contributed by atoms with E-state index in [1.165, 1.54) is 6.92 Å². The minimum Gasteiger partial charge on any atom is -0.361 e. The molecule has 6 nitrogen and oxygen atoms in total. The molecule has 13 heteroatoms. The van der Waals surface area contributed by atoms with E-state index in [9.17, 15) is 31.5 Å². The van der Waals surface area contributed by atoms with Gasteiger partial charge in [0.25, 0.3) is 12.0 Å². The first-order chi connectivity index (χ1) is 13.5. The highest BCUT2D eigenvalue weighted by molar-refractivity contribution is 7.80. The third-order valence-electron chi connectivity index (χ3n) is 4.60. The predicted molar refractivity (Wildman–Crippen MR) is 103 cm³/mol. The third kappa shape index (κ3) is 4.15. The average Bonchev–Trinajstić information content (AvgIpc) is 3.18. The van der Waals surface area contributed by atoms with Crippen LogP contribution in [0.25, 0.3) is 10.2 Å². The van der Waals surface area contributed by atoms with E-state index in [0.717, 1.165) is 15.9 Å². The molecule has 2 aromatic rings. The van der Waals surface area contributed by atoms with Gasteiger partial charge in [0.2, 0.25) is 0 Å². The van der Waals surface area contributed by atoms with E-state index in [0.29, 0.717) is 22.8 Å². The summed E-state index contributed by atoms with van der Waals surface area (Å²) in [7, 11) is 0. The van der Waals surface area contributed by atoms with Crippen LogP contribution in [0, 0.1) is 0 Å². The number of hydrogen-bond donors (Lipinski definition) is 1. The Labute approximate surface area is 170 Å². The van der Waals surface area contributed by atoms with Gasteiger partial charge in [0, 0.05) is 36.6 Å². The summed E-state index contributed by atoms with van der Waals surface area (Å²) in [6.07, 6.45) is -8.89. The number of nitrogens with zero attached hydrogens (tertiary/aromatic N) is 3. The van der Waals surface area contributed by atoms with Crippen molar-refractivity contribution < 1.29 is 22.0 Å². The van der Waals surface area contributed by atoms with Crippen molar-refractivity contribution in [2.75, 3.05) is 13.1 Å². The van der Waals surface area contributed by atoms with Gasteiger partial charge in [-0.2, -0.15) is 13.2 Å². The molecule has 1 aliphatic heterocycles. The zero-order valence-electron chi connectivity index (χ0n) is 15.2. The summed E-state index contributed by atoms with van der Waals surface area (Å²) < 4.78 is 67.5. The number of alkyl halides is 5. The molecule has 0 radical (unpaired) electrons. The maximum Gasteiger partial charge on any atom is 0.390 e. The van der Waals surface area contributed by atoms with Crippen LogP contribution in [-0.2, 0) is 19.6 Å². The molecule has 1 aliphatic rings. The summed E-state index contributed by atoms with van der Waals surface area (Å²) in [6, 6.07) is 0. The summed E-state index contributed by atoms with van der Waals surface area (Å²) in [4.78, 5) is 26.9. The number of nitrogens with one attached hydrogen (secondary N) is 1. The van der Waals surface area contributed by atoms with Crippen LogP contribution < -0.4 is 16.6 Å². The number of rotatable bonds is 6. The maximum absolute atomic E-state index is 13.9. The smallest absolute Gasteiger partial charge is 0.361 e. The van der Waals surface area contributed by atoms with Crippen molar-refractivity contribution in [3.63, 3.8) is 0 Å². The van der Waals surface area contributed by atoms with Crippen LogP contribution in [-0.4, -0.2) is 38.4 Å². The fraction of sp³-hybridized carbons (Fsp3) is 0.562. The quantitative estimate of drug-likeness (QED) is 0.535. The van der Waals surface area contributed by atoms with Crippen molar-refractivity contribution in [1.82, 2.24) is 19.4 Å². The fourth-order valence-electron chi connectivity index (χ4n) is 3.23. The van der Waals surface area contributed by atoms with Gasteiger partial charge in [-0.05, 0) is 19.1 Å². The Morgan fingerprint density at radius 3 is 2.45 bits per heavy atom. The lowest BCUT2D eigenvalue weighted by molar-refractivity contribution is -0.136. The minimum atomic E-state index is -4.54. The van der Waals surface area contributed by atoms with Gasteiger partial charge in [0.05, 0.1) is 18.4 Å². The summed E-state index contributed by atoms with van der Waals surface area (Å²) in [5, 5.41) is 2.85. The lowest BCUT2D eigenvalue weighted by atomic mass is 10.2. The molecule has 29 heavy (non-hydrogen) atoms. The molecule has 0 unspecified atom stereocenters. The van der Waals surface area contributed by atoms with Crippen molar-refractivity contribution in [2.45, 2.75) is 45.6 Å². The van der Waals surface area contributed by atoms with Crippen LogP contribution in [0.15, 0.2) is 9.59 Å². The average molecular weight is 456 g/mol. The molecule has 0 aliphatic carbocycles. The molecule has 0 saturated carbocycles. The molecule has 0 spiro atoms. The predicted octanol–water partition coefficient (Wildman–Crippen LogP) is 2.82. The number of thiocarbonyl (C=S) groups is 1. The first kappa shape index (κ1) is 21.7. The number of thiophene rings is 1. The van der Waals surface area contributed by atoms with Gasteiger partial charge in [-0.25, -0.2) is 13.6 Å². The zero-order chi connectivity index (χ0) is 21.5. The summed E-state index contributed by atoms with van der Waals surface area (Å²) >= 11 is 5.85. The Morgan fingerprint density at radius 1 is 1.24 bits per heavy atom. The number of hydrogen-bond acceptors (Lipinski definition) is 4. The normalized spacial score (nSPS) is 15.0. The molecular weight excluding hydrogens is 439 g/mol. The molecule has 1 saturated heterocycles. The Bertz CT molecular complexity index is 1060. The second kappa shape index (κ2) is 8.01. The lowest BCUT2D eigenvalue weighted by Gasteiger charge is -2.16. The lowest BCUT2D eigenvalue weighted by Crippen LogP contribution is -2.40. The van der Waals surface area contributed by atoms with Crippen LogP contribution >= 0.6 is 23.6 Å². The number of halogens is 5. The van der Waals surface area contributed by atoms with E-state index in [1.807, 2.05) is 0 Å². The van der Waals surface area contributed by atoms with E-state index in [2.05, 4.69) is 5.32 Å². The highest BCUT2D eigenvalue weighted by Gasteiger charge is 2.31. The maximum atomic E-state index is 13.9. The molecule has 3 heterocycles. The Balaban J connectivity index is 2.24. The zero-order valence-corrected chi connectivity index (χ0v) is 16.8. The van der Waals surface area contributed by atoms with Gasteiger partial charge in [-0.3, -0.25) is 13.9 Å². The van der Waals surface area contributed by atoms with Crippen molar-refractivity contribution in [1.29, 1.82) is 0 Å². The first-order valence-corrected chi connectivity index (χ1v) is 9.94. The minimum absolute atomic E-state index is 0.0239. The molecular formula is C16H17F5N4O2S2. The molecule has 1 N–H and O–H groups in total. The second-order valence-corrected chi connectivity index (χ2v) is 7.89. The van der Waals surface area contributed by atoms with Crippen LogP contribution in [0.3, 0.4) is 0 Å². The van der Waals surface area contributed by atoms with E-state index >= 15 is 0 Å². The first-order valence-electron chi connectivity index (χ1n) is 8.71. The summed E-state index contributed by atoms with van der Waals surface area (Å²) in [5.41, 5.74) is -2.41. The molecule has 2 aromatic heterocycles.